The van der Waals surface area contributed by atoms with Crippen molar-refractivity contribution in [3.05, 3.63) is 83.4 Å². The van der Waals surface area contributed by atoms with E-state index in [1.165, 1.54) is 20.3 Å². The van der Waals surface area contributed by atoms with Gasteiger partial charge in [-0.1, -0.05) is 24.3 Å². The van der Waals surface area contributed by atoms with E-state index in [9.17, 15) is 14.4 Å². The molecule has 0 radical (unpaired) electrons. The minimum atomic E-state index is -0.691. The summed E-state index contributed by atoms with van der Waals surface area (Å²) in [6.07, 6.45) is 0. The molecule has 1 heterocycles. The first-order valence-corrected chi connectivity index (χ1v) is 9.06. The molecule has 1 aliphatic rings. The molecule has 3 aromatic carbocycles. The van der Waals surface area contributed by atoms with E-state index in [2.05, 4.69) is 0 Å². The van der Waals surface area contributed by atoms with Crippen LogP contribution in [0, 0.1) is 0 Å². The molecule has 30 heavy (non-hydrogen) atoms. The molecule has 3 aromatic rings. The molecule has 0 saturated heterocycles. The molecule has 150 valence electrons. The van der Waals surface area contributed by atoms with E-state index in [1.807, 2.05) is 0 Å². The summed E-state index contributed by atoms with van der Waals surface area (Å²) < 4.78 is 16.0. The fourth-order valence-corrected chi connectivity index (χ4v) is 3.32. The van der Waals surface area contributed by atoms with Crippen LogP contribution in [0.3, 0.4) is 0 Å². The van der Waals surface area contributed by atoms with Crippen LogP contribution in [0.15, 0.2) is 66.7 Å². The Balaban J connectivity index is 1.64. The van der Waals surface area contributed by atoms with Crippen LogP contribution in [-0.4, -0.2) is 32.0 Å². The molecule has 0 fully saturated rings. The fourth-order valence-electron chi connectivity index (χ4n) is 3.32. The minimum absolute atomic E-state index is 0.133. The third-order valence-corrected chi connectivity index (χ3v) is 4.71. The average molecular weight is 403 g/mol. The van der Waals surface area contributed by atoms with Crippen LogP contribution in [-0.2, 0) is 0 Å². The highest BCUT2D eigenvalue weighted by Crippen LogP contribution is 2.32. The van der Waals surface area contributed by atoms with Gasteiger partial charge in [-0.15, -0.1) is 0 Å². The standard InChI is InChI=1S/C23H17NO6/c1-28-18-11-6-12-19(29-2)20(18)23(27)30-15-8-5-7-14(13-15)24-21(25)16-9-3-4-10-17(16)22(24)26/h3-13H,1-2H3. The summed E-state index contributed by atoms with van der Waals surface area (Å²) in [6, 6.07) is 17.8. The number of hydrogen-bond acceptors (Lipinski definition) is 6. The van der Waals surface area contributed by atoms with E-state index in [0.29, 0.717) is 28.3 Å². The molecule has 4 rings (SSSR count). The molecular formula is C23H17NO6. The third-order valence-electron chi connectivity index (χ3n) is 4.71. The number of carbonyl (C=O) groups excluding carboxylic acids is 3. The van der Waals surface area contributed by atoms with Gasteiger partial charge in [-0.25, -0.2) is 9.69 Å². The van der Waals surface area contributed by atoms with Gasteiger partial charge in [0.1, 0.15) is 22.8 Å². The van der Waals surface area contributed by atoms with Crippen LogP contribution < -0.4 is 19.1 Å². The molecule has 0 atom stereocenters. The molecule has 1 aliphatic heterocycles. The summed E-state index contributed by atoms with van der Waals surface area (Å²) in [7, 11) is 2.88. The van der Waals surface area contributed by atoms with Gasteiger partial charge in [0.15, 0.2) is 0 Å². The molecule has 0 unspecified atom stereocenters. The van der Waals surface area contributed by atoms with Crippen LogP contribution in [0.1, 0.15) is 31.1 Å². The van der Waals surface area contributed by atoms with Gasteiger partial charge < -0.3 is 14.2 Å². The number of hydrogen-bond donors (Lipinski definition) is 0. The van der Waals surface area contributed by atoms with Crippen LogP contribution in [0.4, 0.5) is 5.69 Å². The summed E-state index contributed by atoms with van der Waals surface area (Å²) in [5.74, 6) is -0.770. The lowest BCUT2D eigenvalue weighted by molar-refractivity contribution is 0.0727. The van der Waals surface area contributed by atoms with E-state index in [4.69, 9.17) is 14.2 Å². The van der Waals surface area contributed by atoms with E-state index in [0.717, 1.165) is 4.90 Å². The van der Waals surface area contributed by atoms with Crippen molar-refractivity contribution in [2.75, 3.05) is 19.1 Å². The molecule has 7 heteroatoms. The monoisotopic (exact) mass is 403 g/mol. The lowest BCUT2D eigenvalue weighted by Crippen LogP contribution is -2.29. The Morgan fingerprint density at radius 2 is 1.33 bits per heavy atom. The molecule has 0 saturated carbocycles. The number of anilines is 1. The van der Waals surface area contributed by atoms with Crippen LogP contribution >= 0.6 is 0 Å². The second-order valence-corrected chi connectivity index (χ2v) is 6.42. The van der Waals surface area contributed by atoms with Gasteiger partial charge in [0.05, 0.1) is 31.0 Å². The van der Waals surface area contributed by atoms with Crippen molar-refractivity contribution in [2.45, 2.75) is 0 Å². The van der Waals surface area contributed by atoms with Crippen LogP contribution in [0.25, 0.3) is 0 Å². The number of rotatable bonds is 5. The SMILES string of the molecule is COc1cccc(OC)c1C(=O)Oc1cccc(N2C(=O)c3ccccc3C2=O)c1. The van der Waals surface area contributed by atoms with Crippen molar-refractivity contribution in [3.63, 3.8) is 0 Å². The number of amides is 2. The zero-order chi connectivity index (χ0) is 21.3. The number of fused-ring (bicyclic) bond motifs is 1. The van der Waals surface area contributed by atoms with E-state index in [1.54, 1.807) is 60.7 Å². The number of carbonyl (C=O) groups is 3. The lowest BCUT2D eigenvalue weighted by atomic mass is 10.1. The second-order valence-electron chi connectivity index (χ2n) is 6.42. The van der Waals surface area contributed by atoms with Gasteiger partial charge in [0.25, 0.3) is 11.8 Å². The maximum atomic E-state index is 12.8. The topological polar surface area (TPSA) is 82.1 Å². The molecule has 7 nitrogen and oxygen atoms in total. The highest BCUT2D eigenvalue weighted by molar-refractivity contribution is 6.34. The summed E-state index contributed by atoms with van der Waals surface area (Å²) in [5, 5.41) is 0. The molecule has 0 spiro atoms. The summed E-state index contributed by atoms with van der Waals surface area (Å²) in [5.41, 5.74) is 1.11. The van der Waals surface area contributed by atoms with Crippen LogP contribution in [0.2, 0.25) is 0 Å². The van der Waals surface area contributed by atoms with E-state index in [-0.39, 0.29) is 11.3 Å². The van der Waals surface area contributed by atoms with Gasteiger partial charge in [0, 0.05) is 6.07 Å². The van der Waals surface area contributed by atoms with Gasteiger partial charge >= 0.3 is 5.97 Å². The Morgan fingerprint density at radius 1 is 0.767 bits per heavy atom. The number of nitrogens with zero attached hydrogens (tertiary/aromatic N) is 1. The first-order chi connectivity index (χ1) is 14.5. The van der Waals surface area contributed by atoms with Crippen molar-refractivity contribution >= 4 is 23.5 Å². The molecule has 2 amide bonds. The Labute approximate surface area is 172 Å². The van der Waals surface area contributed by atoms with Crippen LogP contribution in [0.5, 0.6) is 17.2 Å². The number of imide groups is 1. The normalized spacial score (nSPS) is 12.5. The molecule has 0 bridgehead atoms. The Kier molecular flexibility index (Phi) is 4.93. The fraction of sp³-hybridized carbons (Fsp3) is 0.0870. The minimum Gasteiger partial charge on any atom is -0.496 e. The van der Waals surface area contributed by atoms with Gasteiger partial charge in [-0.05, 0) is 36.4 Å². The Bertz CT molecular complexity index is 1110. The smallest absolute Gasteiger partial charge is 0.351 e. The predicted molar refractivity (Wildman–Crippen MR) is 109 cm³/mol. The number of methoxy groups -OCH3 is 2. The molecule has 0 N–H and O–H groups in total. The van der Waals surface area contributed by atoms with Crippen molar-refractivity contribution < 1.29 is 28.6 Å². The van der Waals surface area contributed by atoms with Crippen molar-refractivity contribution in [3.8, 4) is 17.2 Å². The highest BCUT2D eigenvalue weighted by Gasteiger charge is 2.36. The average Bonchev–Trinajstić information content (AvgIpc) is 3.03. The highest BCUT2D eigenvalue weighted by atomic mass is 16.5. The van der Waals surface area contributed by atoms with Crippen molar-refractivity contribution in [1.29, 1.82) is 0 Å². The summed E-state index contributed by atoms with van der Waals surface area (Å²) in [4.78, 5) is 39.2. The third kappa shape index (κ3) is 3.16. The number of esters is 1. The largest absolute Gasteiger partial charge is 0.496 e. The van der Waals surface area contributed by atoms with E-state index >= 15 is 0 Å². The maximum Gasteiger partial charge on any atom is 0.351 e. The molecule has 0 aliphatic carbocycles. The maximum absolute atomic E-state index is 12.8. The lowest BCUT2D eigenvalue weighted by Gasteiger charge is -2.16. The number of benzene rings is 3. The van der Waals surface area contributed by atoms with Gasteiger partial charge in [0.2, 0.25) is 0 Å². The van der Waals surface area contributed by atoms with Gasteiger partial charge in [-0.2, -0.15) is 0 Å². The first kappa shape index (κ1) is 19.2. The Morgan fingerprint density at radius 3 is 1.90 bits per heavy atom. The first-order valence-electron chi connectivity index (χ1n) is 9.06. The second kappa shape index (κ2) is 7.71. The number of ether oxygens (including phenoxy) is 3. The Hall–Kier alpha value is -4.13. The molecular weight excluding hydrogens is 386 g/mol. The van der Waals surface area contributed by atoms with E-state index < -0.39 is 17.8 Å². The predicted octanol–water partition coefficient (Wildman–Crippen LogP) is 3.72. The quantitative estimate of drug-likeness (QED) is 0.367. The van der Waals surface area contributed by atoms with Crippen molar-refractivity contribution in [2.24, 2.45) is 0 Å². The summed E-state index contributed by atoms with van der Waals surface area (Å²) >= 11 is 0. The zero-order valence-corrected chi connectivity index (χ0v) is 16.2. The van der Waals surface area contributed by atoms with Gasteiger partial charge in [-0.3, -0.25) is 9.59 Å². The zero-order valence-electron chi connectivity index (χ0n) is 16.2. The van der Waals surface area contributed by atoms with Crippen molar-refractivity contribution in [1.82, 2.24) is 0 Å². The molecule has 0 aromatic heterocycles. The summed E-state index contributed by atoms with van der Waals surface area (Å²) in [6.45, 7) is 0.